The highest BCUT2D eigenvalue weighted by Gasteiger charge is 2.15. The van der Waals surface area contributed by atoms with Crippen LogP contribution in [0.3, 0.4) is 0 Å². The standard InChI is InChI=1S/C24H21Cl2N5OS/c1-16-7-5-6-10-21(16)28-23(32)15-30-24(33)31(18-8-3-2-4-9-18)22(29-30)14-27-17-11-12-19(25)20(26)13-17/h2-13,27H,14-15H2,1H3,(H,28,32). The van der Waals surface area contributed by atoms with Crippen molar-refractivity contribution in [1.29, 1.82) is 0 Å². The zero-order valence-electron chi connectivity index (χ0n) is 17.8. The lowest BCUT2D eigenvalue weighted by Crippen LogP contribution is -2.20. The van der Waals surface area contributed by atoms with Gasteiger partial charge in [0.05, 0.1) is 16.6 Å². The lowest BCUT2D eigenvalue weighted by molar-refractivity contribution is -0.116. The Morgan fingerprint density at radius 1 is 1.00 bits per heavy atom. The Kier molecular flexibility index (Phi) is 7.13. The molecule has 0 saturated heterocycles. The van der Waals surface area contributed by atoms with Gasteiger partial charge in [0.2, 0.25) is 10.7 Å². The quantitative estimate of drug-likeness (QED) is 0.295. The van der Waals surface area contributed by atoms with Gasteiger partial charge >= 0.3 is 0 Å². The molecule has 0 aliphatic carbocycles. The first-order valence-corrected chi connectivity index (χ1v) is 11.4. The molecule has 33 heavy (non-hydrogen) atoms. The van der Waals surface area contributed by atoms with E-state index in [9.17, 15) is 4.79 Å². The third kappa shape index (κ3) is 5.45. The van der Waals surface area contributed by atoms with Gasteiger partial charge in [-0.1, -0.05) is 59.6 Å². The summed E-state index contributed by atoms with van der Waals surface area (Å²) in [5, 5.41) is 11.8. The first kappa shape index (κ1) is 23.0. The van der Waals surface area contributed by atoms with Crippen LogP contribution in [0.15, 0.2) is 72.8 Å². The predicted octanol–water partition coefficient (Wildman–Crippen LogP) is 6.27. The molecule has 0 spiro atoms. The second kappa shape index (κ2) is 10.2. The third-order valence-corrected chi connectivity index (χ3v) is 6.14. The van der Waals surface area contributed by atoms with Crippen molar-refractivity contribution in [3.63, 3.8) is 0 Å². The summed E-state index contributed by atoms with van der Waals surface area (Å²) in [6, 6.07) is 22.6. The van der Waals surface area contributed by atoms with Crippen LogP contribution in [0, 0.1) is 11.7 Å². The van der Waals surface area contributed by atoms with Crippen molar-refractivity contribution in [3.8, 4) is 5.69 Å². The van der Waals surface area contributed by atoms with Crippen LogP contribution in [0.1, 0.15) is 11.4 Å². The minimum Gasteiger partial charge on any atom is -0.378 e. The van der Waals surface area contributed by atoms with E-state index in [1.54, 1.807) is 12.1 Å². The maximum absolute atomic E-state index is 12.7. The molecule has 0 atom stereocenters. The average molecular weight is 498 g/mol. The topological polar surface area (TPSA) is 63.9 Å². The Labute approximate surface area is 206 Å². The number of amides is 1. The summed E-state index contributed by atoms with van der Waals surface area (Å²) in [6.07, 6.45) is 0. The van der Waals surface area contributed by atoms with Crippen molar-refractivity contribution >= 4 is 52.7 Å². The van der Waals surface area contributed by atoms with Crippen molar-refractivity contribution < 1.29 is 4.79 Å². The Morgan fingerprint density at radius 3 is 2.45 bits per heavy atom. The second-order valence-corrected chi connectivity index (χ2v) is 8.55. The van der Waals surface area contributed by atoms with E-state index in [2.05, 4.69) is 15.7 Å². The molecule has 0 fully saturated rings. The molecule has 0 bridgehead atoms. The lowest BCUT2D eigenvalue weighted by Gasteiger charge is -2.09. The fourth-order valence-corrected chi connectivity index (χ4v) is 3.95. The van der Waals surface area contributed by atoms with Gasteiger partial charge < -0.3 is 10.6 Å². The zero-order chi connectivity index (χ0) is 23.4. The van der Waals surface area contributed by atoms with E-state index in [-0.39, 0.29) is 12.5 Å². The Hall–Kier alpha value is -3.13. The molecule has 168 valence electrons. The summed E-state index contributed by atoms with van der Waals surface area (Å²) in [7, 11) is 0. The first-order valence-electron chi connectivity index (χ1n) is 10.2. The molecule has 1 amide bonds. The number of nitrogens with one attached hydrogen (secondary N) is 2. The van der Waals surface area contributed by atoms with Crippen molar-refractivity contribution in [2.45, 2.75) is 20.0 Å². The molecule has 1 heterocycles. The number of aryl methyl sites for hydroxylation is 1. The van der Waals surface area contributed by atoms with E-state index in [0.29, 0.717) is 27.2 Å². The SMILES string of the molecule is Cc1ccccc1NC(=O)Cn1nc(CNc2ccc(Cl)c(Cl)c2)n(-c2ccccc2)c1=S. The van der Waals surface area contributed by atoms with Crippen molar-refractivity contribution in [1.82, 2.24) is 14.3 Å². The normalized spacial score (nSPS) is 10.8. The number of halogens is 2. The number of para-hydroxylation sites is 2. The fraction of sp³-hybridized carbons (Fsp3) is 0.125. The second-order valence-electron chi connectivity index (χ2n) is 7.37. The Bertz CT molecular complexity index is 1350. The molecule has 3 aromatic carbocycles. The number of hydrogen-bond donors (Lipinski definition) is 2. The molecule has 4 rings (SSSR count). The summed E-state index contributed by atoms with van der Waals surface area (Å²) in [4.78, 5) is 12.7. The van der Waals surface area contributed by atoms with Gasteiger partial charge in [-0.15, -0.1) is 0 Å². The zero-order valence-corrected chi connectivity index (χ0v) is 20.1. The van der Waals surface area contributed by atoms with E-state index in [1.165, 1.54) is 4.68 Å². The summed E-state index contributed by atoms with van der Waals surface area (Å²) < 4.78 is 3.80. The van der Waals surface area contributed by atoms with Gasteiger partial charge in [0.1, 0.15) is 6.54 Å². The van der Waals surface area contributed by atoms with Crippen LogP contribution >= 0.6 is 35.4 Å². The molecule has 6 nitrogen and oxygen atoms in total. The van der Waals surface area contributed by atoms with Crippen LogP contribution in [0.5, 0.6) is 0 Å². The Morgan fingerprint density at radius 2 is 1.73 bits per heavy atom. The monoisotopic (exact) mass is 497 g/mol. The van der Waals surface area contributed by atoms with Gasteiger partial charge in [0.25, 0.3) is 0 Å². The predicted molar refractivity (Wildman–Crippen MR) is 136 cm³/mol. The summed E-state index contributed by atoms with van der Waals surface area (Å²) >= 11 is 17.8. The largest absolute Gasteiger partial charge is 0.378 e. The van der Waals surface area contributed by atoms with Gasteiger partial charge in [0.15, 0.2) is 5.82 Å². The molecule has 9 heteroatoms. The van der Waals surface area contributed by atoms with Gasteiger partial charge in [-0.05, 0) is 61.1 Å². The van der Waals surface area contributed by atoms with Crippen molar-refractivity contribution in [2.24, 2.45) is 0 Å². The van der Waals surface area contributed by atoms with Gasteiger partial charge in [0, 0.05) is 17.1 Å². The van der Waals surface area contributed by atoms with E-state index >= 15 is 0 Å². The number of carbonyl (C=O) groups excluding carboxylic acids is 1. The average Bonchev–Trinajstić information content (AvgIpc) is 3.11. The number of anilines is 2. The number of rotatable bonds is 7. The highest BCUT2D eigenvalue weighted by Crippen LogP contribution is 2.25. The molecule has 0 unspecified atom stereocenters. The van der Waals surface area contributed by atoms with Crippen LogP contribution in [-0.2, 0) is 17.9 Å². The van der Waals surface area contributed by atoms with Crippen LogP contribution in [0.25, 0.3) is 5.69 Å². The van der Waals surface area contributed by atoms with Crippen LogP contribution in [0.4, 0.5) is 11.4 Å². The number of hydrogen-bond acceptors (Lipinski definition) is 4. The Balaban J connectivity index is 1.61. The van der Waals surface area contributed by atoms with Crippen molar-refractivity contribution in [3.05, 3.63) is 99.0 Å². The highest BCUT2D eigenvalue weighted by molar-refractivity contribution is 7.71. The molecule has 4 aromatic rings. The highest BCUT2D eigenvalue weighted by atomic mass is 35.5. The van der Waals surface area contributed by atoms with E-state index < -0.39 is 0 Å². The minimum atomic E-state index is -0.206. The molecule has 0 saturated carbocycles. The molecule has 0 aliphatic rings. The summed E-state index contributed by atoms with van der Waals surface area (Å²) in [5.41, 5.74) is 3.40. The maximum Gasteiger partial charge on any atom is 0.246 e. The summed E-state index contributed by atoms with van der Waals surface area (Å²) in [5.74, 6) is 0.447. The maximum atomic E-state index is 12.7. The smallest absolute Gasteiger partial charge is 0.246 e. The molecular formula is C24H21Cl2N5OS. The lowest BCUT2D eigenvalue weighted by atomic mass is 10.2. The third-order valence-electron chi connectivity index (χ3n) is 5.00. The number of nitrogens with zero attached hydrogens (tertiary/aromatic N) is 3. The molecule has 0 aliphatic heterocycles. The number of carbonyl (C=O) groups is 1. The molecule has 2 N–H and O–H groups in total. The van der Waals surface area contributed by atoms with E-state index in [4.69, 9.17) is 35.4 Å². The van der Waals surface area contributed by atoms with Crippen LogP contribution < -0.4 is 10.6 Å². The number of aromatic nitrogens is 3. The van der Waals surface area contributed by atoms with Gasteiger partial charge in [-0.25, -0.2) is 4.68 Å². The number of benzene rings is 3. The van der Waals surface area contributed by atoms with Crippen LogP contribution in [-0.4, -0.2) is 20.3 Å². The molecular weight excluding hydrogens is 477 g/mol. The van der Waals surface area contributed by atoms with E-state index in [0.717, 1.165) is 22.6 Å². The van der Waals surface area contributed by atoms with Crippen molar-refractivity contribution in [2.75, 3.05) is 10.6 Å². The van der Waals surface area contributed by atoms with Crippen LogP contribution in [0.2, 0.25) is 10.0 Å². The van der Waals surface area contributed by atoms with Gasteiger partial charge in [-0.3, -0.25) is 9.36 Å². The molecule has 1 aromatic heterocycles. The van der Waals surface area contributed by atoms with Gasteiger partial charge in [-0.2, -0.15) is 5.10 Å². The summed E-state index contributed by atoms with van der Waals surface area (Å²) in [6.45, 7) is 2.30. The minimum absolute atomic E-state index is 0.00717. The molecule has 0 radical (unpaired) electrons. The van der Waals surface area contributed by atoms with E-state index in [1.807, 2.05) is 72.2 Å². The fourth-order valence-electron chi connectivity index (χ4n) is 3.33. The first-order chi connectivity index (χ1) is 15.9.